The van der Waals surface area contributed by atoms with E-state index in [1.807, 2.05) is 30.3 Å². The molecule has 2 aliphatic rings. The molecule has 0 aromatic heterocycles. The van der Waals surface area contributed by atoms with Gasteiger partial charge in [0.2, 0.25) is 5.91 Å². The zero-order valence-corrected chi connectivity index (χ0v) is 10.1. The van der Waals surface area contributed by atoms with E-state index in [1.54, 1.807) is 4.90 Å². The van der Waals surface area contributed by atoms with Crippen molar-refractivity contribution in [3.63, 3.8) is 0 Å². The van der Waals surface area contributed by atoms with E-state index in [2.05, 4.69) is 0 Å². The molecular formula is C14H17NO3. The van der Waals surface area contributed by atoms with E-state index in [0.29, 0.717) is 0 Å². The van der Waals surface area contributed by atoms with E-state index in [0.717, 1.165) is 18.4 Å². The predicted molar refractivity (Wildman–Crippen MR) is 65.9 cm³/mol. The zero-order valence-electron chi connectivity index (χ0n) is 10.1. The van der Waals surface area contributed by atoms with E-state index < -0.39 is 17.6 Å². The molecule has 1 heterocycles. The third-order valence-corrected chi connectivity index (χ3v) is 4.03. The monoisotopic (exact) mass is 247 g/mol. The van der Waals surface area contributed by atoms with Gasteiger partial charge in [0.25, 0.3) is 0 Å². The Balaban J connectivity index is 1.81. The van der Waals surface area contributed by atoms with Crippen LogP contribution in [0, 0.1) is 0 Å². The fourth-order valence-corrected chi connectivity index (χ4v) is 2.75. The highest BCUT2D eigenvalue weighted by molar-refractivity contribution is 5.91. The number of nitrogens with zero attached hydrogens (tertiary/aromatic N) is 1. The van der Waals surface area contributed by atoms with Crippen molar-refractivity contribution >= 4 is 5.91 Å². The van der Waals surface area contributed by atoms with Crippen LogP contribution < -0.4 is 0 Å². The minimum atomic E-state index is -0.805. The molecule has 2 N–H and O–H groups in total. The van der Waals surface area contributed by atoms with E-state index >= 15 is 0 Å². The second-order valence-electron chi connectivity index (χ2n) is 5.29. The van der Waals surface area contributed by atoms with Crippen molar-refractivity contribution in [2.24, 2.45) is 0 Å². The molecule has 96 valence electrons. The Hall–Kier alpha value is -1.39. The van der Waals surface area contributed by atoms with Gasteiger partial charge in [-0.3, -0.25) is 4.79 Å². The van der Waals surface area contributed by atoms with Gasteiger partial charge < -0.3 is 15.1 Å². The van der Waals surface area contributed by atoms with Gasteiger partial charge in [0.15, 0.2) is 0 Å². The number of amides is 1. The fourth-order valence-electron chi connectivity index (χ4n) is 2.75. The number of hydrogen-bond donors (Lipinski definition) is 2. The number of aliphatic hydroxyl groups is 2. The molecule has 4 heteroatoms. The lowest BCUT2D eigenvalue weighted by molar-refractivity contribution is -0.133. The van der Waals surface area contributed by atoms with Gasteiger partial charge in [-0.25, -0.2) is 0 Å². The van der Waals surface area contributed by atoms with Crippen LogP contribution in [-0.2, 0) is 10.2 Å². The smallest absolute Gasteiger partial charge is 0.233 e. The van der Waals surface area contributed by atoms with Crippen LogP contribution in [0.2, 0.25) is 0 Å². The highest BCUT2D eigenvalue weighted by atomic mass is 16.3. The second kappa shape index (κ2) is 4.07. The molecule has 3 rings (SSSR count). The van der Waals surface area contributed by atoms with Gasteiger partial charge in [0, 0.05) is 13.1 Å². The minimum absolute atomic E-state index is 0.0456. The first-order chi connectivity index (χ1) is 8.63. The van der Waals surface area contributed by atoms with Gasteiger partial charge in [0.05, 0.1) is 17.6 Å². The SMILES string of the molecule is O=C(N1C[C@@H](O)[C@@H](O)C1)C1(c2ccccc2)CC1. The lowest BCUT2D eigenvalue weighted by atomic mass is 9.94. The molecule has 0 spiro atoms. The first kappa shape index (κ1) is 11.7. The topological polar surface area (TPSA) is 60.8 Å². The minimum Gasteiger partial charge on any atom is -0.388 e. The lowest BCUT2D eigenvalue weighted by Crippen LogP contribution is -2.38. The maximum absolute atomic E-state index is 12.5. The first-order valence-corrected chi connectivity index (χ1v) is 6.34. The summed E-state index contributed by atoms with van der Waals surface area (Å²) in [6.07, 6.45) is 0.109. The molecule has 0 bridgehead atoms. The van der Waals surface area contributed by atoms with E-state index in [9.17, 15) is 15.0 Å². The first-order valence-electron chi connectivity index (χ1n) is 6.34. The summed E-state index contributed by atoms with van der Waals surface area (Å²) in [6, 6.07) is 9.78. The van der Waals surface area contributed by atoms with Crippen molar-refractivity contribution in [1.29, 1.82) is 0 Å². The standard InChI is InChI=1S/C14H17NO3/c16-11-8-15(9-12(11)17)13(18)14(6-7-14)10-4-2-1-3-5-10/h1-5,11-12,16-17H,6-9H2/t11-,12+. The summed E-state index contributed by atoms with van der Waals surface area (Å²) in [7, 11) is 0. The Labute approximate surface area is 106 Å². The number of β-amino-alcohol motifs (C(OH)–C–C–N with tert-alkyl or cyclic N) is 2. The average molecular weight is 247 g/mol. The molecule has 18 heavy (non-hydrogen) atoms. The Kier molecular flexibility index (Phi) is 2.64. The van der Waals surface area contributed by atoms with Gasteiger partial charge in [-0.1, -0.05) is 30.3 Å². The van der Waals surface area contributed by atoms with Crippen LogP contribution in [0.1, 0.15) is 18.4 Å². The largest absolute Gasteiger partial charge is 0.388 e. The molecule has 2 atom stereocenters. The second-order valence-corrected chi connectivity index (χ2v) is 5.29. The van der Waals surface area contributed by atoms with Gasteiger partial charge in [0.1, 0.15) is 0 Å². The van der Waals surface area contributed by atoms with Crippen LogP contribution in [0.4, 0.5) is 0 Å². The molecule has 1 aromatic rings. The molecule has 4 nitrogen and oxygen atoms in total. The normalized spacial score (nSPS) is 29.3. The van der Waals surface area contributed by atoms with Crippen molar-refractivity contribution in [3.8, 4) is 0 Å². The number of aliphatic hydroxyl groups excluding tert-OH is 2. The van der Waals surface area contributed by atoms with Gasteiger partial charge in [-0.15, -0.1) is 0 Å². The number of benzene rings is 1. The van der Waals surface area contributed by atoms with Crippen molar-refractivity contribution in [1.82, 2.24) is 4.90 Å². The maximum atomic E-state index is 12.5. The van der Waals surface area contributed by atoms with Gasteiger partial charge >= 0.3 is 0 Å². The fraction of sp³-hybridized carbons (Fsp3) is 0.500. The Morgan fingerprint density at radius 1 is 1.11 bits per heavy atom. The molecule has 0 radical (unpaired) electrons. The molecule has 1 amide bonds. The number of carbonyl (C=O) groups excluding carboxylic acids is 1. The highest BCUT2D eigenvalue weighted by Crippen LogP contribution is 2.49. The molecule has 2 fully saturated rings. The summed E-state index contributed by atoms with van der Waals surface area (Å²) in [4.78, 5) is 14.1. The Morgan fingerprint density at radius 2 is 1.67 bits per heavy atom. The van der Waals surface area contributed by atoms with Crippen molar-refractivity contribution in [2.75, 3.05) is 13.1 Å². The molecule has 1 aromatic carbocycles. The summed E-state index contributed by atoms with van der Waals surface area (Å²) in [5.41, 5.74) is 0.649. The van der Waals surface area contributed by atoms with Crippen molar-refractivity contribution in [2.45, 2.75) is 30.5 Å². The molecule has 1 saturated heterocycles. The van der Waals surface area contributed by atoms with Crippen LogP contribution in [0.5, 0.6) is 0 Å². The summed E-state index contributed by atoms with van der Waals surface area (Å²) in [6.45, 7) is 0.489. The highest BCUT2D eigenvalue weighted by Gasteiger charge is 2.54. The summed E-state index contributed by atoms with van der Waals surface area (Å²) < 4.78 is 0. The molecule has 0 unspecified atom stereocenters. The van der Waals surface area contributed by atoms with Crippen LogP contribution in [0.3, 0.4) is 0 Å². The molecule has 1 aliphatic heterocycles. The van der Waals surface area contributed by atoms with Gasteiger partial charge in [-0.05, 0) is 18.4 Å². The summed E-state index contributed by atoms with van der Waals surface area (Å²) in [5, 5.41) is 19.1. The van der Waals surface area contributed by atoms with Gasteiger partial charge in [-0.2, -0.15) is 0 Å². The average Bonchev–Trinajstić information content (AvgIpc) is 3.13. The third kappa shape index (κ3) is 1.72. The number of hydrogen-bond acceptors (Lipinski definition) is 3. The Morgan fingerprint density at radius 3 is 2.17 bits per heavy atom. The van der Waals surface area contributed by atoms with E-state index in [-0.39, 0.29) is 19.0 Å². The Bertz CT molecular complexity index is 445. The number of rotatable bonds is 2. The number of carbonyl (C=O) groups is 1. The molecular weight excluding hydrogens is 230 g/mol. The van der Waals surface area contributed by atoms with Crippen LogP contribution in [0.15, 0.2) is 30.3 Å². The number of likely N-dealkylation sites (tertiary alicyclic amines) is 1. The zero-order chi connectivity index (χ0) is 12.8. The van der Waals surface area contributed by atoms with Crippen LogP contribution >= 0.6 is 0 Å². The van der Waals surface area contributed by atoms with E-state index in [1.165, 1.54) is 0 Å². The quantitative estimate of drug-likeness (QED) is 0.789. The van der Waals surface area contributed by atoms with Crippen LogP contribution in [-0.4, -0.2) is 46.3 Å². The van der Waals surface area contributed by atoms with Crippen LogP contribution in [0.25, 0.3) is 0 Å². The predicted octanol–water partition coefficient (Wildman–Crippen LogP) is 0.282. The van der Waals surface area contributed by atoms with Crippen molar-refractivity contribution < 1.29 is 15.0 Å². The molecule has 1 aliphatic carbocycles. The van der Waals surface area contributed by atoms with Crippen molar-refractivity contribution in [3.05, 3.63) is 35.9 Å². The maximum Gasteiger partial charge on any atom is 0.233 e. The third-order valence-electron chi connectivity index (χ3n) is 4.03. The summed E-state index contributed by atoms with van der Waals surface area (Å²) in [5.74, 6) is 0.0456. The lowest BCUT2D eigenvalue weighted by Gasteiger charge is -2.23. The van der Waals surface area contributed by atoms with E-state index in [4.69, 9.17) is 0 Å². The summed E-state index contributed by atoms with van der Waals surface area (Å²) >= 11 is 0. The molecule has 1 saturated carbocycles.